The highest BCUT2D eigenvalue weighted by Gasteiger charge is 2.34. The van der Waals surface area contributed by atoms with Crippen LogP contribution in [0, 0.1) is 5.92 Å². The minimum absolute atomic E-state index is 0.508. The van der Waals surface area contributed by atoms with E-state index in [1.54, 1.807) is 7.11 Å². The van der Waals surface area contributed by atoms with Crippen molar-refractivity contribution in [1.29, 1.82) is 0 Å². The number of nitrogens with zero attached hydrogens (tertiary/aromatic N) is 2. The quantitative estimate of drug-likeness (QED) is 0.554. The molecule has 1 aromatic rings. The lowest BCUT2D eigenvalue weighted by Crippen LogP contribution is -2.40. The lowest BCUT2D eigenvalue weighted by atomic mass is 9.98. The zero-order valence-electron chi connectivity index (χ0n) is 16.5. The van der Waals surface area contributed by atoms with E-state index >= 15 is 0 Å². The molecular formula is C21H34N4O. The number of hydrogen-bond donors (Lipinski definition) is 2. The normalized spacial score (nSPS) is 22.3. The van der Waals surface area contributed by atoms with Crippen molar-refractivity contribution >= 4 is 5.96 Å². The predicted molar refractivity (Wildman–Crippen MR) is 108 cm³/mol. The van der Waals surface area contributed by atoms with Gasteiger partial charge in [-0.3, -0.25) is 4.99 Å². The Morgan fingerprint density at radius 3 is 2.65 bits per heavy atom. The molecule has 0 amide bonds. The van der Waals surface area contributed by atoms with Gasteiger partial charge in [-0.1, -0.05) is 19.1 Å². The summed E-state index contributed by atoms with van der Waals surface area (Å²) in [6, 6.07) is 9.28. The van der Waals surface area contributed by atoms with Crippen molar-refractivity contribution in [2.24, 2.45) is 10.9 Å². The summed E-state index contributed by atoms with van der Waals surface area (Å²) < 4.78 is 5.23. The number of methoxy groups -OCH3 is 1. The Morgan fingerprint density at radius 2 is 2.00 bits per heavy atom. The topological polar surface area (TPSA) is 48.9 Å². The van der Waals surface area contributed by atoms with Crippen LogP contribution in [-0.4, -0.2) is 57.2 Å². The summed E-state index contributed by atoms with van der Waals surface area (Å²) in [7, 11) is 3.56. The highest BCUT2D eigenvalue weighted by Crippen LogP contribution is 2.31. The summed E-state index contributed by atoms with van der Waals surface area (Å²) in [6.45, 7) is 6.75. The molecule has 144 valence electrons. The van der Waals surface area contributed by atoms with E-state index in [9.17, 15) is 0 Å². The second kappa shape index (κ2) is 9.26. The summed E-state index contributed by atoms with van der Waals surface area (Å²) >= 11 is 0. The average molecular weight is 359 g/mol. The molecule has 0 radical (unpaired) electrons. The highest BCUT2D eigenvalue weighted by molar-refractivity contribution is 5.79. The van der Waals surface area contributed by atoms with Crippen LogP contribution in [0.1, 0.15) is 44.1 Å². The average Bonchev–Trinajstić information content (AvgIpc) is 3.42. The van der Waals surface area contributed by atoms with E-state index in [4.69, 9.17) is 4.74 Å². The molecule has 1 heterocycles. The van der Waals surface area contributed by atoms with Gasteiger partial charge in [0.05, 0.1) is 7.11 Å². The molecule has 0 aromatic heterocycles. The number of hydrogen-bond acceptors (Lipinski definition) is 3. The van der Waals surface area contributed by atoms with Crippen molar-refractivity contribution in [2.75, 3.05) is 40.3 Å². The Bertz CT molecular complexity index is 582. The molecule has 1 aromatic carbocycles. The zero-order chi connectivity index (χ0) is 18.4. The first kappa shape index (κ1) is 19.0. The van der Waals surface area contributed by atoms with Gasteiger partial charge in [-0.25, -0.2) is 0 Å². The molecule has 2 fully saturated rings. The van der Waals surface area contributed by atoms with Gasteiger partial charge in [0.1, 0.15) is 5.75 Å². The molecule has 5 heteroatoms. The molecule has 2 aliphatic rings. The first-order chi connectivity index (χ1) is 12.7. The Kier molecular flexibility index (Phi) is 6.78. The summed E-state index contributed by atoms with van der Waals surface area (Å²) in [5, 5.41) is 6.98. The van der Waals surface area contributed by atoms with Gasteiger partial charge in [0, 0.05) is 32.7 Å². The van der Waals surface area contributed by atoms with Gasteiger partial charge in [0.2, 0.25) is 0 Å². The Hall–Kier alpha value is -1.75. The van der Waals surface area contributed by atoms with Crippen molar-refractivity contribution in [2.45, 2.75) is 44.6 Å². The van der Waals surface area contributed by atoms with Crippen molar-refractivity contribution in [3.05, 3.63) is 29.8 Å². The van der Waals surface area contributed by atoms with E-state index in [-0.39, 0.29) is 0 Å². The smallest absolute Gasteiger partial charge is 0.190 e. The lowest BCUT2D eigenvalue weighted by molar-refractivity contribution is 0.314. The first-order valence-corrected chi connectivity index (χ1v) is 10.0. The predicted octanol–water partition coefficient (Wildman–Crippen LogP) is 2.84. The lowest BCUT2D eigenvalue weighted by Gasteiger charge is -2.18. The molecule has 2 N–H and O–H groups in total. The van der Waals surface area contributed by atoms with E-state index in [2.05, 4.69) is 39.6 Å². The van der Waals surface area contributed by atoms with Crippen LogP contribution in [0.15, 0.2) is 29.3 Å². The molecule has 2 unspecified atom stereocenters. The third-order valence-electron chi connectivity index (χ3n) is 5.72. The molecule has 1 aliphatic heterocycles. The van der Waals surface area contributed by atoms with Gasteiger partial charge < -0.3 is 20.3 Å². The Morgan fingerprint density at radius 1 is 1.23 bits per heavy atom. The minimum atomic E-state index is 0.508. The number of benzene rings is 1. The molecule has 0 spiro atoms. The van der Waals surface area contributed by atoms with Crippen LogP contribution >= 0.6 is 0 Å². The van der Waals surface area contributed by atoms with Crippen molar-refractivity contribution in [3.8, 4) is 5.75 Å². The number of guanidine groups is 1. The molecular weight excluding hydrogens is 324 g/mol. The van der Waals surface area contributed by atoms with Crippen LogP contribution in [0.4, 0.5) is 0 Å². The summed E-state index contributed by atoms with van der Waals surface area (Å²) in [5.74, 6) is 3.11. The van der Waals surface area contributed by atoms with Crippen molar-refractivity contribution in [3.63, 3.8) is 0 Å². The van der Waals surface area contributed by atoms with Crippen molar-refractivity contribution < 1.29 is 4.74 Å². The van der Waals surface area contributed by atoms with E-state index in [1.165, 1.54) is 37.9 Å². The van der Waals surface area contributed by atoms with Crippen LogP contribution in [0.5, 0.6) is 5.75 Å². The zero-order valence-corrected chi connectivity index (χ0v) is 16.5. The van der Waals surface area contributed by atoms with Gasteiger partial charge in [-0.05, 0) is 61.8 Å². The Labute approximate surface area is 158 Å². The van der Waals surface area contributed by atoms with Gasteiger partial charge in [0.25, 0.3) is 0 Å². The summed E-state index contributed by atoms with van der Waals surface area (Å²) in [4.78, 5) is 7.04. The van der Waals surface area contributed by atoms with E-state index in [0.717, 1.165) is 43.2 Å². The number of likely N-dealkylation sites (tertiary alicyclic amines) is 1. The van der Waals surface area contributed by atoms with E-state index < -0.39 is 0 Å². The van der Waals surface area contributed by atoms with Gasteiger partial charge in [-0.2, -0.15) is 0 Å². The molecule has 26 heavy (non-hydrogen) atoms. The third kappa shape index (κ3) is 5.37. The van der Waals surface area contributed by atoms with Crippen LogP contribution in [-0.2, 0) is 0 Å². The van der Waals surface area contributed by atoms with Gasteiger partial charge in [0.15, 0.2) is 5.96 Å². The molecule has 5 nitrogen and oxygen atoms in total. The largest absolute Gasteiger partial charge is 0.497 e. The standard InChI is InChI=1S/C21H34N4O/c1-16(18-4-8-20(26-3)9-5-18)10-12-23-21(22-2)24-14-17-11-13-25(15-17)19-6-7-19/h4-5,8-9,16-17,19H,6-7,10-15H2,1-3H3,(H2,22,23,24). The second-order valence-corrected chi connectivity index (χ2v) is 7.72. The highest BCUT2D eigenvalue weighted by atomic mass is 16.5. The summed E-state index contributed by atoms with van der Waals surface area (Å²) in [5.41, 5.74) is 1.35. The monoisotopic (exact) mass is 358 g/mol. The second-order valence-electron chi connectivity index (χ2n) is 7.72. The number of aliphatic imine (C=N–C) groups is 1. The van der Waals surface area contributed by atoms with Crippen LogP contribution in [0.3, 0.4) is 0 Å². The molecule has 1 aliphatic carbocycles. The number of nitrogens with one attached hydrogen (secondary N) is 2. The molecule has 3 rings (SSSR count). The number of ether oxygens (including phenoxy) is 1. The number of rotatable bonds is 8. The fourth-order valence-electron chi connectivity index (χ4n) is 3.77. The van der Waals surface area contributed by atoms with Gasteiger partial charge in [-0.15, -0.1) is 0 Å². The van der Waals surface area contributed by atoms with Crippen LogP contribution < -0.4 is 15.4 Å². The molecule has 0 bridgehead atoms. The molecule has 1 saturated carbocycles. The van der Waals surface area contributed by atoms with E-state index in [0.29, 0.717) is 5.92 Å². The minimum Gasteiger partial charge on any atom is -0.497 e. The van der Waals surface area contributed by atoms with E-state index in [1.807, 2.05) is 19.2 Å². The fourth-order valence-corrected chi connectivity index (χ4v) is 3.77. The SMILES string of the molecule is CN=C(NCCC(C)c1ccc(OC)cc1)NCC1CCN(C2CC2)C1. The molecule has 2 atom stereocenters. The van der Waals surface area contributed by atoms with Gasteiger partial charge >= 0.3 is 0 Å². The maximum absolute atomic E-state index is 5.23. The van der Waals surface area contributed by atoms with Crippen LogP contribution in [0.2, 0.25) is 0 Å². The third-order valence-corrected chi connectivity index (χ3v) is 5.72. The Balaban J connectivity index is 1.34. The fraction of sp³-hybridized carbons (Fsp3) is 0.667. The first-order valence-electron chi connectivity index (χ1n) is 10.0. The maximum atomic E-state index is 5.23. The van der Waals surface area contributed by atoms with Crippen LogP contribution in [0.25, 0.3) is 0 Å². The summed E-state index contributed by atoms with van der Waals surface area (Å²) in [6.07, 6.45) is 5.21. The molecule has 1 saturated heterocycles. The maximum Gasteiger partial charge on any atom is 0.190 e. The van der Waals surface area contributed by atoms with Crippen molar-refractivity contribution in [1.82, 2.24) is 15.5 Å².